The third-order valence-electron chi connectivity index (χ3n) is 5.73. The van der Waals surface area contributed by atoms with Crippen molar-refractivity contribution in [2.75, 3.05) is 26.2 Å². The van der Waals surface area contributed by atoms with E-state index < -0.39 is 22.0 Å². The van der Waals surface area contributed by atoms with Crippen molar-refractivity contribution in [3.8, 4) is 0 Å². The van der Waals surface area contributed by atoms with E-state index in [1.54, 1.807) is 6.07 Å². The molecule has 0 spiro atoms. The fraction of sp³-hybridized carbons (Fsp3) is 0.381. The van der Waals surface area contributed by atoms with Crippen LogP contribution in [0.5, 0.6) is 0 Å². The first-order valence-electron chi connectivity index (χ1n) is 9.67. The van der Waals surface area contributed by atoms with Gasteiger partial charge in [0.25, 0.3) is 0 Å². The highest BCUT2D eigenvalue weighted by molar-refractivity contribution is 7.89. The van der Waals surface area contributed by atoms with Crippen molar-refractivity contribution in [1.82, 2.24) is 9.21 Å². The van der Waals surface area contributed by atoms with E-state index in [1.165, 1.54) is 9.87 Å². The summed E-state index contributed by atoms with van der Waals surface area (Å²) in [5.41, 5.74) is 8.90. The lowest BCUT2D eigenvalue weighted by atomic mass is 10.0. The molecule has 1 heterocycles. The Balaban J connectivity index is 1.49. The van der Waals surface area contributed by atoms with E-state index >= 15 is 0 Å². The average Bonchev–Trinajstić information content (AvgIpc) is 3.17. The molecular weight excluding hydrogens is 374 g/mol. The van der Waals surface area contributed by atoms with Gasteiger partial charge in [-0.1, -0.05) is 36.4 Å². The molecule has 148 valence electrons. The summed E-state index contributed by atoms with van der Waals surface area (Å²) in [4.78, 5) is 14.4. The lowest BCUT2D eigenvalue weighted by Gasteiger charge is -2.37. The maximum absolute atomic E-state index is 13.1. The van der Waals surface area contributed by atoms with Crippen LogP contribution in [0.15, 0.2) is 53.4 Å². The van der Waals surface area contributed by atoms with E-state index in [9.17, 15) is 13.2 Å². The normalized spacial score (nSPS) is 19.3. The summed E-state index contributed by atoms with van der Waals surface area (Å²) >= 11 is 0. The molecule has 6 nitrogen and oxygen atoms in total. The van der Waals surface area contributed by atoms with Crippen molar-refractivity contribution in [3.05, 3.63) is 65.2 Å². The van der Waals surface area contributed by atoms with Gasteiger partial charge in [0.2, 0.25) is 15.9 Å². The van der Waals surface area contributed by atoms with Crippen molar-refractivity contribution in [2.45, 2.75) is 30.2 Å². The first kappa shape index (κ1) is 19.1. The minimum absolute atomic E-state index is 0.343. The number of amides is 1. The number of primary amides is 1. The first-order chi connectivity index (χ1) is 13.5. The Hall–Kier alpha value is -2.22. The Morgan fingerprint density at radius 2 is 1.61 bits per heavy atom. The number of benzene rings is 2. The number of carbonyl (C=O) groups excluding carboxylic acids is 1. The third kappa shape index (κ3) is 3.57. The molecule has 4 rings (SSSR count). The number of aryl methyl sites for hydroxylation is 2. The summed E-state index contributed by atoms with van der Waals surface area (Å²) in [6.07, 6.45) is 3.07. The van der Waals surface area contributed by atoms with Crippen LogP contribution in [-0.4, -0.2) is 49.7 Å². The third-order valence-corrected chi connectivity index (χ3v) is 7.63. The number of piperazine rings is 1. The zero-order valence-electron chi connectivity index (χ0n) is 15.8. The highest BCUT2D eigenvalue weighted by atomic mass is 32.2. The molecule has 1 fully saturated rings. The number of hydrogen-bond donors (Lipinski definition) is 1. The van der Waals surface area contributed by atoms with Gasteiger partial charge < -0.3 is 5.73 Å². The van der Waals surface area contributed by atoms with Crippen LogP contribution in [-0.2, 0) is 27.7 Å². The SMILES string of the molecule is NC(=O)[C@H](c1ccccc1)N1CCN(S(=O)(=O)c2ccc3c(c2)CCC3)CC1. The number of fused-ring (bicyclic) bond motifs is 1. The molecule has 1 aliphatic carbocycles. The predicted octanol–water partition coefficient (Wildman–Crippen LogP) is 1.71. The van der Waals surface area contributed by atoms with Crippen molar-refractivity contribution in [1.29, 1.82) is 0 Å². The molecule has 2 aliphatic rings. The van der Waals surface area contributed by atoms with Crippen molar-refractivity contribution >= 4 is 15.9 Å². The summed E-state index contributed by atoms with van der Waals surface area (Å²) in [5, 5.41) is 0. The highest BCUT2D eigenvalue weighted by Crippen LogP contribution is 2.28. The zero-order chi connectivity index (χ0) is 19.7. The molecule has 1 saturated heterocycles. The maximum Gasteiger partial charge on any atom is 0.243 e. The summed E-state index contributed by atoms with van der Waals surface area (Å²) in [7, 11) is -3.53. The van der Waals surface area contributed by atoms with Gasteiger partial charge in [0.15, 0.2) is 0 Å². The van der Waals surface area contributed by atoms with Crippen LogP contribution in [0, 0.1) is 0 Å². The van der Waals surface area contributed by atoms with Gasteiger partial charge in [-0.3, -0.25) is 9.69 Å². The van der Waals surface area contributed by atoms with Crippen LogP contribution in [0.4, 0.5) is 0 Å². The number of nitrogens with two attached hydrogens (primary N) is 1. The highest BCUT2D eigenvalue weighted by Gasteiger charge is 2.33. The summed E-state index contributed by atoms with van der Waals surface area (Å²) in [5.74, 6) is -0.416. The minimum Gasteiger partial charge on any atom is -0.368 e. The molecule has 0 aromatic heterocycles. The standard InChI is InChI=1S/C21H25N3O3S/c22-21(25)20(17-5-2-1-3-6-17)23-11-13-24(14-12-23)28(26,27)19-10-9-16-7-4-8-18(16)15-19/h1-3,5-6,9-10,15,20H,4,7-8,11-14H2,(H2,22,25)/t20-/m0/s1. The monoisotopic (exact) mass is 399 g/mol. The van der Waals surface area contributed by atoms with E-state index in [1.807, 2.05) is 47.4 Å². The van der Waals surface area contributed by atoms with Gasteiger partial charge in [-0.15, -0.1) is 0 Å². The number of carbonyl (C=O) groups is 1. The molecule has 0 radical (unpaired) electrons. The van der Waals surface area contributed by atoms with Gasteiger partial charge in [0.1, 0.15) is 6.04 Å². The van der Waals surface area contributed by atoms with Gasteiger partial charge in [-0.05, 0) is 48.1 Å². The van der Waals surface area contributed by atoms with Crippen molar-refractivity contribution in [2.24, 2.45) is 5.73 Å². The van der Waals surface area contributed by atoms with Gasteiger partial charge in [-0.25, -0.2) is 8.42 Å². The molecule has 1 aliphatic heterocycles. The van der Waals surface area contributed by atoms with Crippen LogP contribution in [0.3, 0.4) is 0 Å². The summed E-state index contributed by atoms with van der Waals surface area (Å²) in [6.45, 7) is 1.62. The van der Waals surface area contributed by atoms with Crippen LogP contribution in [0.2, 0.25) is 0 Å². The second-order valence-electron chi connectivity index (χ2n) is 7.44. The van der Waals surface area contributed by atoms with E-state index in [0.717, 1.165) is 30.4 Å². The molecule has 0 saturated carbocycles. The van der Waals surface area contributed by atoms with Crippen LogP contribution < -0.4 is 5.73 Å². The number of sulfonamides is 1. The summed E-state index contributed by atoms with van der Waals surface area (Å²) in [6, 6.07) is 14.4. The van der Waals surface area contributed by atoms with Crippen molar-refractivity contribution < 1.29 is 13.2 Å². The van der Waals surface area contributed by atoms with Crippen LogP contribution in [0.1, 0.15) is 29.2 Å². The van der Waals surface area contributed by atoms with Crippen LogP contribution in [0.25, 0.3) is 0 Å². The Kier molecular flexibility index (Phi) is 5.23. The van der Waals surface area contributed by atoms with Gasteiger partial charge >= 0.3 is 0 Å². The quantitative estimate of drug-likeness (QED) is 0.830. The average molecular weight is 400 g/mol. The van der Waals surface area contributed by atoms with Gasteiger partial charge in [-0.2, -0.15) is 4.31 Å². The Bertz CT molecular complexity index is 968. The second kappa shape index (κ2) is 7.66. The second-order valence-corrected chi connectivity index (χ2v) is 9.38. The number of hydrogen-bond acceptors (Lipinski definition) is 4. The minimum atomic E-state index is -3.53. The molecule has 28 heavy (non-hydrogen) atoms. The van der Waals surface area contributed by atoms with E-state index in [4.69, 9.17) is 5.73 Å². The maximum atomic E-state index is 13.1. The molecular formula is C21H25N3O3S. The molecule has 2 aromatic rings. The lowest BCUT2D eigenvalue weighted by molar-refractivity contribution is -0.124. The summed E-state index contributed by atoms with van der Waals surface area (Å²) < 4.78 is 27.7. The molecule has 2 N–H and O–H groups in total. The predicted molar refractivity (Wildman–Crippen MR) is 107 cm³/mol. The molecule has 1 amide bonds. The molecule has 0 bridgehead atoms. The number of rotatable bonds is 5. The Labute approximate surface area is 166 Å². The topological polar surface area (TPSA) is 83.7 Å². The Morgan fingerprint density at radius 1 is 0.929 bits per heavy atom. The zero-order valence-corrected chi connectivity index (χ0v) is 16.6. The smallest absolute Gasteiger partial charge is 0.243 e. The molecule has 7 heteroatoms. The first-order valence-corrected chi connectivity index (χ1v) is 11.1. The number of nitrogens with zero attached hydrogens (tertiary/aromatic N) is 2. The van der Waals surface area contributed by atoms with E-state index in [0.29, 0.717) is 31.1 Å². The molecule has 1 atom stereocenters. The van der Waals surface area contributed by atoms with E-state index in [-0.39, 0.29) is 0 Å². The van der Waals surface area contributed by atoms with Gasteiger partial charge in [0, 0.05) is 26.2 Å². The fourth-order valence-electron chi connectivity index (χ4n) is 4.25. The van der Waals surface area contributed by atoms with Crippen molar-refractivity contribution in [3.63, 3.8) is 0 Å². The molecule has 2 aromatic carbocycles. The largest absolute Gasteiger partial charge is 0.368 e. The van der Waals surface area contributed by atoms with E-state index in [2.05, 4.69) is 0 Å². The van der Waals surface area contributed by atoms with Crippen LogP contribution >= 0.6 is 0 Å². The molecule has 0 unspecified atom stereocenters. The van der Waals surface area contributed by atoms with Gasteiger partial charge in [0.05, 0.1) is 4.90 Å². The lowest BCUT2D eigenvalue weighted by Crippen LogP contribution is -2.51. The fourth-order valence-corrected chi connectivity index (χ4v) is 5.72. The Morgan fingerprint density at radius 3 is 2.29 bits per heavy atom.